The maximum atomic E-state index is 11.1. The molecule has 0 saturated carbocycles. The van der Waals surface area contributed by atoms with Crippen LogP contribution in [0.15, 0.2) is 0 Å². The molecule has 1 N–H and O–H groups in total. The lowest BCUT2D eigenvalue weighted by Crippen LogP contribution is -2.29. The molecule has 0 aliphatic heterocycles. The van der Waals surface area contributed by atoms with Crippen molar-refractivity contribution in [2.24, 2.45) is 5.92 Å². The highest BCUT2D eigenvalue weighted by Crippen LogP contribution is 2.05. The lowest BCUT2D eigenvalue weighted by atomic mass is 10.1. The van der Waals surface area contributed by atoms with E-state index in [9.17, 15) is 4.79 Å². The molecule has 0 aliphatic carbocycles. The normalized spacial score (nSPS) is 13.1. The van der Waals surface area contributed by atoms with Crippen LogP contribution in [0.3, 0.4) is 0 Å². The predicted octanol–water partition coefficient (Wildman–Crippen LogP) is -0.280. The molecule has 0 aromatic rings. The Labute approximate surface area is 73.1 Å². The zero-order valence-electron chi connectivity index (χ0n) is 7.91. The zero-order chi connectivity index (χ0) is 9.56. The van der Waals surface area contributed by atoms with E-state index in [1.54, 1.807) is 0 Å². The summed E-state index contributed by atoms with van der Waals surface area (Å²) in [6, 6.07) is 0. The van der Waals surface area contributed by atoms with Crippen LogP contribution in [0.25, 0.3) is 0 Å². The molecule has 0 aromatic carbocycles. The van der Waals surface area contributed by atoms with Gasteiger partial charge in [0.25, 0.3) is 0 Å². The first kappa shape index (κ1) is 11.4. The Kier molecular flexibility index (Phi) is 5.66. The highest BCUT2D eigenvalue weighted by molar-refractivity contribution is 5.72. The number of nitrogens with zero attached hydrogens (tertiary/aromatic N) is 1. The molecule has 0 saturated heterocycles. The van der Waals surface area contributed by atoms with Crippen molar-refractivity contribution in [1.82, 2.24) is 4.90 Å². The third-order valence-electron chi connectivity index (χ3n) is 1.60. The van der Waals surface area contributed by atoms with Gasteiger partial charge in [0.2, 0.25) is 0 Å². The van der Waals surface area contributed by atoms with E-state index in [1.807, 2.05) is 19.0 Å². The fourth-order valence-electron chi connectivity index (χ4n) is 1.05. The number of methoxy groups -OCH3 is 1. The molecule has 0 rings (SSSR count). The van der Waals surface area contributed by atoms with Crippen LogP contribution in [0.1, 0.15) is 6.42 Å². The summed E-state index contributed by atoms with van der Waals surface area (Å²) in [6.07, 6.45) is 0.463. The SMILES string of the molecule is COC(=O)C(CCO)CN(C)C. The van der Waals surface area contributed by atoms with E-state index >= 15 is 0 Å². The minimum atomic E-state index is -0.252. The first-order valence-corrected chi connectivity index (χ1v) is 3.95. The molecule has 0 heterocycles. The number of aliphatic hydroxyl groups excluding tert-OH is 1. The molecule has 0 aromatic heterocycles. The molecule has 0 amide bonds. The number of hydrogen-bond donors (Lipinski definition) is 1. The summed E-state index contributed by atoms with van der Waals surface area (Å²) in [7, 11) is 5.13. The molecule has 72 valence electrons. The number of carbonyl (C=O) groups is 1. The van der Waals surface area contributed by atoms with Gasteiger partial charge in [-0.2, -0.15) is 0 Å². The lowest BCUT2D eigenvalue weighted by molar-refractivity contribution is -0.146. The summed E-state index contributed by atoms with van der Waals surface area (Å²) in [5, 5.41) is 8.67. The zero-order valence-corrected chi connectivity index (χ0v) is 7.91. The second-order valence-corrected chi connectivity index (χ2v) is 2.99. The Balaban J connectivity index is 3.94. The summed E-state index contributed by atoms with van der Waals surface area (Å²) < 4.78 is 4.59. The number of ether oxygens (including phenoxy) is 1. The maximum Gasteiger partial charge on any atom is 0.310 e. The third kappa shape index (κ3) is 4.31. The molecule has 1 atom stereocenters. The fraction of sp³-hybridized carbons (Fsp3) is 0.875. The van der Waals surface area contributed by atoms with Gasteiger partial charge in [0.15, 0.2) is 0 Å². The molecule has 4 heteroatoms. The molecular formula is C8H17NO3. The summed E-state index contributed by atoms with van der Waals surface area (Å²) in [5.41, 5.74) is 0. The van der Waals surface area contributed by atoms with Gasteiger partial charge in [-0.1, -0.05) is 0 Å². The number of aliphatic hydroxyl groups is 1. The van der Waals surface area contributed by atoms with E-state index in [-0.39, 0.29) is 18.5 Å². The van der Waals surface area contributed by atoms with Crippen molar-refractivity contribution >= 4 is 5.97 Å². The Bertz CT molecular complexity index is 136. The highest BCUT2D eigenvalue weighted by Gasteiger charge is 2.18. The van der Waals surface area contributed by atoms with Gasteiger partial charge in [0.05, 0.1) is 13.0 Å². The molecule has 0 radical (unpaired) electrons. The number of rotatable bonds is 5. The van der Waals surface area contributed by atoms with Crippen molar-refractivity contribution in [3.63, 3.8) is 0 Å². The standard InChI is InChI=1S/C8H17NO3/c1-9(2)6-7(4-5-10)8(11)12-3/h7,10H,4-6H2,1-3H3. The first-order valence-electron chi connectivity index (χ1n) is 3.95. The molecule has 4 nitrogen and oxygen atoms in total. The average molecular weight is 175 g/mol. The molecule has 0 aliphatic rings. The Morgan fingerprint density at radius 2 is 2.17 bits per heavy atom. The highest BCUT2D eigenvalue weighted by atomic mass is 16.5. The quantitative estimate of drug-likeness (QED) is 0.584. The van der Waals surface area contributed by atoms with Gasteiger partial charge in [0.1, 0.15) is 0 Å². The van der Waals surface area contributed by atoms with Crippen molar-refractivity contribution in [3.8, 4) is 0 Å². The van der Waals surface area contributed by atoms with Crippen molar-refractivity contribution < 1.29 is 14.6 Å². The van der Waals surface area contributed by atoms with Crippen molar-refractivity contribution in [2.45, 2.75) is 6.42 Å². The van der Waals surface area contributed by atoms with E-state index in [0.717, 1.165) is 0 Å². The Morgan fingerprint density at radius 3 is 2.50 bits per heavy atom. The van der Waals surface area contributed by atoms with E-state index in [2.05, 4.69) is 4.74 Å². The van der Waals surface area contributed by atoms with Crippen molar-refractivity contribution in [2.75, 3.05) is 34.4 Å². The number of carbonyl (C=O) groups excluding carboxylic acids is 1. The second-order valence-electron chi connectivity index (χ2n) is 2.99. The minimum absolute atomic E-state index is 0.0214. The van der Waals surface area contributed by atoms with Gasteiger partial charge in [-0.05, 0) is 20.5 Å². The fourth-order valence-corrected chi connectivity index (χ4v) is 1.05. The molecule has 0 spiro atoms. The minimum Gasteiger partial charge on any atom is -0.469 e. The van der Waals surface area contributed by atoms with Gasteiger partial charge < -0.3 is 14.7 Å². The Morgan fingerprint density at radius 1 is 1.58 bits per heavy atom. The smallest absolute Gasteiger partial charge is 0.310 e. The van der Waals surface area contributed by atoms with Crippen LogP contribution in [0, 0.1) is 5.92 Å². The van der Waals surface area contributed by atoms with Crippen LogP contribution in [-0.2, 0) is 9.53 Å². The van der Waals surface area contributed by atoms with E-state index in [4.69, 9.17) is 5.11 Å². The summed E-state index contributed by atoms with van der Waals surface area (Å²) in [6.45, 7) is 0.640. The first-order chi connectivity index (χ1) is 5.61. The predicted molar refractivity (Wildman–Crippen MR) is 45.8 cm³/mol. The molecule has 0 bridgehead atoms. The van der Waals surface area contributed by atoms with Crippen molar-refractivity contribution in [3.05, 3.63) is 0 Å². The largest absolute Gasteiger partial charge is 0.469 e. The molecular weight excluding hydrogens is 158 g/mol. The average Bonchev–Trinajstić information content (AvgIpc) is 2.01. The molecule has 12 heavy (non-hydrogen) atoms. The number of hydrogen-bond acceptors (Lipinski definition) is 4. The van der Waals surface area contributed by atoms with Crippen LogP contribution in [0.4, 0.5) is 0 Å². The monoisotopic (exact) mass is 175 g/mol. The molecule has 1 unspecified atom stereocenters. The van der Waals surface area contributed by atoms with Crippen molar-refractivity contribution in [1.29, 1.82) is 0 Å². The van der Waals surface area contributed by atoms with Gasteiger partial charge in [-0.15, -0.1) is 0 Å². The van der Waals surface area contributed by atoms with Gasteiger partial charge >= 0.3 is 5.97 Å². The van der Waals surface area contributed by atoms with Gasteiger partial charge in [-0.25, -0.2) is 0 Å². The summed E-state index contributed by atoms with van der Waals surface area (Å²) >= 11 is 0. The number of esters is 1. The van der Waals surface area contributed by atoms with E-state index in [1.165, 1.54) is 7.11 Å². The Hall–Kier alpha value is -0.610. The molecule has 0 fully saturated rings. The van der Waals surface area contributed by atoms with E-state index < -0.39 is 0 Å². The summed E-state index contributed by atoms with van der Waals surface area (Å²) in [5.74, 6) is -0.465. The van der Waals surface area contributed by atoms with Gasteiger partial charge in [0, 0.05) is 13.2 Å². The third-order valence-corrected chi connectivity index (χ3v) is 1.60. The van der Waals surface area contributed by atoms with Gasteiger partial charge in [-0.3, -0.25) is 4.79 Å². The van der Waals surface area contributed by atoms with Crippen LogP contribution in [0.2, 0.25) is 0 Å². The second kappa shape index (κ2) is 5.97. The maximum absolute atomic E-state index is 11.1. The summed E-state index contributed by atoms with van der Waals surface area (Å²) in [4.78, 5) is 13.0. The van der Waals surface area contributed by atoms with E-state index in [0.29, 0.717) is 13.0 Å². The van der Waals surface area contributed by atoms with Crippen LogP contribution in [0.5, 0.6) is 0 Å². The van der Waals surface area contributed by atoms with Crippen LogP contribution >= 0.6 is 0 Å². The lowest BCUT2D eigenvalue weighted by Gasteiger charge is -2.17. The van der Waals surface area contributed by atoms with Crippen LogP contribution < -0.4 is 0 Å². The topological polar surface area (TPSA) is 49.8 Å². The van der Waals surface area contributed by atoms with Crippen LogP contribution in [-0.4, -0.2) is 50.3 Å².